The second-order valence-corrected chi connectivity index (χ2v) is 7.53. The van der Waals surface area contributed by atoms with Crippen molar-refractivity contribution in [1.82, 2.24) is 15.1 Å². The van der Waals surface area contributed by atoms with E-state index in [1.54, 1.807) is 4.90 Å². The van der Waals surface area contributed by atoms with E-state index in [4.69, 9.17) is 0 Å². The number of nitrogens with one attached hydrogen (secondary N) is 1. The molecule has 6 nitrogen and oxygen atoms in total. The third-order valence-corrected chi connectivity index (χ3v) is 5.82. The second kappa shape index (κ2) is 7.48. The number of benzene rings is 1. The van der Waals surface area contributed by atoms with Gasteiger partial charge in [0, 0.05) is 33.1 Å². The molecular formula is C20H27N3O3. The number of carbonyl (C=O) groups excluding carboxylic acids is 3. The molecule has 0 aromatic heterocycles. The zero-order valence-electron chi connectivity index (χ0n) is 15.5. The number of likely N-dealkylation sites (N-methyl/N-ethyl adjacent to an activating group) is 1. The number of likely N-dealkylation sites (tertiary alicyclic amines) is 2. The van der Waals surface area contributed by atoms with Gasteiger partial charge in [0.05, 0.1) is 12.0 Å². The predicted molar refractivity (Wildman–Crippen MR) is 98.3 cm³/mol. The smallest absolute Gasteiger partial charge is 0.241 e. The van der Waals surface area contributed by atoms with Gasteiger partial charge in [0.2, 0.25) is 17.7 Å². The zero-order valence-corrected chi connectivity index (χ0v) is 15.5. The first kappa shape index (κ1) is 18.4. The molecule has 2 aliphatic heterocycles. The molecule has 0 bridgehead atoms. The van der Waals surface area contributed by atoms with Crippen molar-refractivity contribution in [2.45, 2.75) is 38.6 Å². The van der Waals surface area contributed by atoms with E-state index in [2.05, 4.69) is 17.4 Å². The number of piperidine rings is 1. The van der Waals surface area contributed by atoms with Gasteiger partial charge in [0.15, 0.2) is 0 Å². The molecule has 2 fully saturated rings. The van der Waals surface area contributed by atoms with Crippen molar-refractivity contribution >= 4 is 17.7 Å². The van der Waals surface area contributed by atoms with Crippen molar-refractivity contribution in [2.75, 3.05) is 26.7 Å². The molecule has 1 atom stereocenters. The van der Waals surface area contributed by atoms with E-state index in [1.165, 1.54) is 12.5 Å². The molecule has 1 aromatic carbocycles. The largest absolute Gasteiger partial charge is 0.347 e. The molecule has 2 aliphatic rings. The number of carbonyl (C=O) groups is 3. The Kier molecular flexibility index (Phi) is 5.30. The van der Waals surface area contributed by atoms with Crippen LogP contribution in [0.25, 0.3) is 0 Å². The van der Waals surface area contributed by atoms with Gasteiger partial charge in [0.1, 0.15) is 0 Å². The van der Waals surface area contributed by atoms with Gasteiger partial charge < -0.3 is 15.1 Å². The molecule has 0 aliphatic carbocycles. The molecule has 140 valence electrons. The Labute approximate surface area is 154 Å². The minimum atomic E-state index is -0.334. The molecule has 1 N–H and O–H groups in total. The molecule has 0 unspecified atom stereocenters. The van der Waals surface area contributed by atoms with Crippen LogP contribution in [0.3, 0.4) is 0 Å². The number of hydrogen-bond acceptors (Lipinski definition) is 3. The van der Waals surface area contributed by atoms with Crippen LogP contribution >= 0.6 is 0 Å². The summed E-state index contributed by atoms with van der Waals surface area (Å²) in [6.07, 6.45) is 3.13. The quantitative estimate of drug-likeness (QED) is 0.880. The van der Waals surface area contributed by atoms with Crippen molar-refractivity contribution in [3.8, 4) is 0 Å². The van der Waals surface area contributed by atoms with Crippen LogP contribution in [0, 0.1) is 5.41 Å². The van der Waals surface area contributed by atoms with Gasteiger partial charge in [-0.05, 0) is 31.2 Å². The number of hydrogen-bond donors (Lipinski definition) is 1. The average molecular weight is 357 g/mol. The minimum absolute atomic E-state index is 0.0345. The highest BCUT2D eigenvalue weighted by atomic mass is 16.2. The molecule has 3 amide bonds. The fraction of sp³-hybridized carbons (Fsp3) is 0.550. The van der Waals surface area contributed by atoms with Gasteiger partial charge in [0.25, 0.3) is 0 Å². The van der Waals surface area contributed by atoms with Gasteiger partial charge >= 0.3 is 0 Å². The Balaban J connectivity index is 1.60. The normalized spacial score (nSPS) is 21.9. The van der Waals surface area contributed by atoms with E-state index in [9.17, 15) is 14.4 Å². The van der Waals surface area contributed by atoms with Crippen LogP contribution in [0.5, 0.6) is 0 Å². The minimum Gasteiger partial charge on any atom is -0.347 e. The van der Waals surface area contributed by atoms with Crippen LogP contribution in [0.1, 0.15) is 31.7 Å². The molecule has 1 spiro atoms. The Morgan fingerprint density at radius 2 is 1.85 bits per heavy atom. The summed E-state index contributed by atoms with van der Waals surface area (Å²) in [6.45, 7) is 2.59. The van der Waals surface area contributed by atoms with Crippen LogP contribution in [0.4, 0.5) is 0 Å². The lowest BCUT2D eigenvalue weighted by atomic mass is 9.75. The molecular weight excluding hydrogens is 330 g/mol. The van der Waals surface area contributed by atoms with E-state index in [0.717, 1.165) is 12.8 Å². The Bertz CT molecular complexity index is 681. The lowest BCUT2D eigenvalue weighted by Crippen LogP contribution is -2.48. The van der Waals surface area contributed by atoms with E-state index in [-0.39, 0.29) is 35.7 Å². The Morgan fingerprint density at radius 1 is 1.19 bits per heavy atom. The number of nitrogens with zero attached hydrogens (tertiary/aromatic N) is 2. The van der Waals surface area contributed by atoms with Gasteiger partial charge in [-0.1, -0.05) is 30.3 Å². The fourth-order valence-corrected chi connectivity index (χ4v) is 4.22. The summed E-state index contributed by atoms with van der Waals surface area (Å²) in [4.78, 5) is 39.7. The van der Waals surface area contributed by atoms with Crippen LogP contribution in [0.2, 0.25) is 0 Å². The van der Waals surface area contributed by atoms with Crippen LogP contribution in [-0.4, -0.2) is 60.2 Å². The van der Waals surface area contributed by atoms with Gasteiger partial charge in [-0.2, -0.15) is 0 Å². The topological polar surface area (TPSA) is 69.7 Å². The number of amides is 3. The third kappa shape index (κ3) is 3.74. The second-order valence-electron chi connectivity index (χ2n) is 7.53. The molecule has 6 heteroatoms. The highest BCUT2D eigenvalue weighted by molar-refractivity contribution is 5.87. The average Bonchev–Trinajstić information content (AvgIpc) is 2.86. The summed E-state index contributed by atoms with van der Waals surface area (Å²) in [5.41, 5.74) is 0.913. The fourth-order valence-electron chi connectivity index (χ4n) is 4.22. The maximum absolute atomic E-state index is 12.9. The van der Waals surface area contributed by atoms with Crippen molar-refractivity contribution in [2.24, 2.45) is 5.41 Å². The van der Waals surface area contributed by atoms with E-state index in [1.807, 2.05) is 30.1 Å². The summed E-state index contributed by atoms with van der Waals surface area (Å²) < 4.78 is 0. The molecule has 0 radical (unpaired) electrons. The first-order valence-corrected chi connectivity index (χ1v) is 9.25. The van der Waals surface area contributed by atoms with Crippen LogP contribution in [0.15, 0.2) is 30.3 Å². The number of rotatable bonds is 4. The lowest BCUT2D eigenvalue weighted by molar-refractivity contribution is -0.142. The third-order valence-electron chi connectivity index (χ3n) is 5.82. The van der Waals surface area contributed by atoms with E-state index < -0.39 is 0 Å². The van der Waals surface area contributed by atoms with Crippen molar-refractivity contribution in [3.05, 3.63) is 35.9 Å². The summed E-state index contributed by atoms with van der Waals surface area (Å²) in [7, 11) is 1.90. The van der Waals surface area contributed by atoms with Crippen LogP contribution in [-0.2, 0) is 20.8 Å². The highest BCUT2D eigenvalue weighted by Crippen LogP contribution is 2.44. The monoisotopic (exact) mass is 357 g/mol. The van der Waals surface area contributed by atoms with Crippen LogP contribution < -0.4 is 5.32 Å². The van der Waals surface area contributed by atoms with E-state index in [0.29, 0.717) is 25.9 Å². The Morgan fingerprint density at radius 3 is 2.46 bits per heavy atom. The van der Waals surface area contributed by atoms with Crippen molar-refractivity contribution < 1.29 is 14.4 Å². The molecule has 3 rings (SSSR count). The first-order chi connectivity index (χ1) is 12.4. The highest BCUT2D eigenvalue weighted by Gasteiger charge is 2.51. The SMILES string of the molecule is CC(=O)NCC(=O)N1CCC2(CC1)C[C@@H](Cc1ccccc1)N(C)C2=O. The zero-order chi connectivity index (χ0) is 18.7. The van der Waals surface area contributed by atoms with E-state index >= 15 is 0 Å². The Hall–Kier alpha value is -2.37. The summed E-state index contributed by atoms with van der Waals surface area (Å²) >= 11 is 0. The maximum atomic E-state index is 12.9. The van der Waals surface area contributed by atoms with Gasteiger partial charge in [-0.15, -0.1) is 0 Å². The summed E-state index contributed by atoms with van der Waals surface area (Å²) in [5.74, 6) is -0.0646. The summed E-state index contributed by atoms with van der Waals surface area (Å²) in [5, 5.41) is 2.55. The van der Waals surface area contributed by atoms with Crippen molar-refractivity contribution in [1.29, 1.82) is 0 Å². The molecule has 0 saturated carbocycles. The summed E-state index contributed by atoms with van der Waals surface area (Å²) in [6, 6.07) is 10.5. The van der Waals surface area contributed by atoms with Crippen molar-refractivity contribution in [3.63, 3.8) is 0 Å². The maximum Gasteiger partial charge on any atom is 0.241 e. The molecule has 26 heavy (non-hydrogen) atoms. The lowest BCUT2D eigenvalue weighted by Gasteiger charge is -2.37. The predicted octanol–water partition coefficient (Wildman–Crippen LogP) is 1.20. The molecule has 2 heterocycles. The molecule has 2 saturated heterocycles. The standard InChI is InChI=1S/C20H27N3O3/c1-15(24)21-14-18(25)23-10-8-20(9-11-23)13-17(22(2)19(20)26)12-16-6-4-3-5-7-16/h3-7,17H,8-14H2,1-2H3,(H,21,24)/t17-/m1/s1. The van der Waals surface area contributed by atoms with Gasteiger partial charge in [-0.3, -0.25) is 14.4 Å². The van der Waals surface area contributed by atoms with Gasteiger partial charge in [-0.25, -0.2) is 0 Å². The first-order valence-electron chi connectivity index (χ1n) is 9.25. The molecule has 1 aromatic rings.